The van der Waals surface area contributed by atoms with Crippen molar-refractivity contribution >= 4 is 16.9 Å². The van der Waals surface area contributed by atoms with Gasteiger partial charge in [0.2, 0.25) is 5.88 Å². The van der Waals surface area contributed by atoms with Gasteiger partial charge in [-0.1, -0.05) is 13.3 Å². The molecule has 0 bridgehead atoms. The first-order chi connectivity index (χ1) is 12.6. The Balaban J connectivity index is 2.28. The van der Waals surface area contributed by atoms with Crippen LogP contribution in [0.15, 0.2) is 30.5 Å². The minimum absolute atomic E-state index is 0.167. The number of aromatic amines is 1. The molecule has 3 aromatic rings. The van der Waals surface area contributed by atoms with E-state index < -0.39 is 0 Å². The fourth-order valence-corrected chi connectivity index (χ4v) is 3.39. The van der Waals surface area contributed by atoms with Crippen molar-refractivity contribution in [3.05, 3.63) is 47.3 Å². The number of carbonyl (C=O) groups is 1. The maximum Gasteiger partial charge on any atom is 0.311 e. The molecule has 0 aliphatic heterocycles. The van der Waals surface area contributed by atoms with Crippen molar-refractivity contribution in [1.29, 1.82) is 0 Å². The molecule has 0 fully saturated rings. The summed E-state index contributed by atoms with van der Waals surface area (Å²) in [5, 5.41) is 1.06. The maximum atomic E-state index is 11.9. The zero-order valence-corrected chi connectivity index (χ0v) is 15.7. The summed E-state index contributed by atoms with van der Waals surface area (Å²) in [6, 6.07) is 8.20. The fourth-order valence-electron chi connectivity index (χ4n) is 3.39. The number of pyridine rings is 1. The molecule has 0 aliphatic carbocycles. The summed E-state index contributed by atoms with van der Waals surface area (Å²) in [5.41, 5.74) is 6.19. The molecular formula is C21H24N2O3. The molecule has 0 atom stereocenters. The number of aromatic nitrogens is 2. The Morgan fingerprint density at radius 1 is 1.27 bits per heavy atom. The third-order valence-corrected chi connectivity index (χ3v) is 4.63. The van der Waals surface area contributed by atoms with Gasteiger partial charge in [-0.2, -0.15) is 0 Å². The van der Waals surface area contributed by atoms with Crippen LogP contribution in [0, 0.1) is 6.92 Å². The summed E-state index contributed by atoms with van der Waals surface area (Å²) >= 11 is 0. The Hall–Kier alpha value is -2.82. The topological polar surface area (TPSA) is 64.2 Å². The Morgan fingerprint density at radius 3 is 2.77 bits per heavy atom. The third-order valence-electron chi connectivity index (χ3n) is 4.63. The number of nitrogens with one attached hydrogen (secondary N) is 1. The van der Waals surface area contributed by atoms with Crippen LogP contribution in [0.25, 0.3) is 22.0 Å². The van der Waals surface area contributed by atoms with Crippen molar-refractivity contribution in [3.63, 3.8) is 0 Å². The third kappa shape index (κ3) is 3.29. The lowest BCUT2D eigenvalue weighted by Gasteiger charge is -2.10. The minimum atomic E-state index is -0.286. The predicted molar refractivity (Wildman–Crippen MR) is 103 cm³/mol. The molecule has 26 heavy (non-hydrogen) atoms. The molecule has 0 spiro atoms. The number of hydrogen-bond donors (Lipinski definition) is 1. The summed E-state index contributed by atoms with van der Waals surface area (Å²) < 4.78 is 10.3. The first-order valence-corrected chi connectivity index (χ1v) is 8.79. The molecule has 0 radical (unpaired) electrons. The number of benzene rings is 1. The van der Waals surface area contributed by atoms with Crippen molar-refractivity contribution < 1.29 is 14.3 Å². The van der Waals surface area contributed by atoms with E-state index in [1.165, 1.54) is 18.2 Å². The Bertz CT molecular complexity index is 944. The lowest BCUT2D eigenvalue weighted by atomic mass is 9.97. The quantitative estimate of drug-likeness (QED) is 0.675. The highest BCUT2D eigenvalue weighted by molar-refractivity contribution is 6.00. The van der Waals surface area contributed by atoms with Crippen molar-refractivity contribution in [2.24, 2.45) is 0 Å². The molecule has 0 unspecified atom stereocenters. The van der Waals surface area contributed by atoms with Gasteiger partial charge in [-0.15, -0.1) is 0 Å². The van der Waals surface area contributed by atoms with E-state index in [9.17, 15) is 4.79 Å². The second kappa shape index (κ2) is 7.60. The Kier molecular flexibility index (Phi) is 5.26. The zero-order valence-electron chi connectivity index (χ0n) is 15.7. The molecule has 0 saturated carbocycles. The van der Waals surface area contributed by atoms with Crippen LogP contribution in [0.3, 0.4) is 0 Å². The summed E-state index contributed by atoms with van der Waals surface area (Å²) in [6.45, 7) is 4.30. The Morgan fingerprint density at radius 2 is 2.08 bits per heavy atom. The van der Waals surface area contributed by atoms with Crippen LogP contribution in [0.2, 0.25) is 0 Å². The molecule has 1 aromatic carbocycles. The lowest BCUT2D eigenvalue weighted by molar-refractivity contribution is -0.139. The Labute approximate surface area is 153 Å². The number of carbonyl (C=O) groups excluding carboxylic acids is 1. The molecule has 136 valence electrons. The van der Waals surface area contributed by atoms with E-state index in [1.54, 1.807) is 13.3 Å². The molecule has 1 N–H and O–H groups in total. The maximum absolute atomic E-state index is 11.9. The highest BCUT2D eigenvalue weighted by atomic mass is 16.5. The number of methoxy groups -OCH3 is 2. The average Bonchev–Trinajstić information content (AvgIpc) is 2.98. The normalized spacial score (nSPS) is 10.9. The van der Waals surface area contributed by atoms with Gasteiger partial charge < -0.3 is 14.5 Å². The van der Waals surface area contributed by atoms with Gasteiger partial charge in [-0.25, -0.2) is 4.98 Å². The first kappa shape index (κ1) is 18.0. The number of fused-ring (bicyclic) bond motifs is 1. The monoisotopic (exact) mass is 352 g/mol. The van der Waals surface area contributed by atoms with Gasteiger partial charge in [-0.3, -0.25) is 4.79 Å². The van der Waals surface area contributed by atoms with Crippen molar-refractivity contribution in [1.82, 2.24) is 9.97 Å². The highest BCUT2D eigenvalue weighted by Gasteiger charge is 2.20. The predicted octanol–water partition coefficient (Wildman–Crippen LogP) is 4.21. The van der Waals surface area contributed by atoms with E-state index in [-0.39, 0.29) is 12.4 Å². The average molecular weight is 352 g/mol. The number of rotatable bonds is 6. The van der Waals surface area contributed by atoms with Crippen molar-refractivity contribution in [3.8, 4) is 17.0 Å². The SMILES string of the molecule is CCCc1cc2[nH]c(CC(=O)OC)c(-c3cccnc3OC)c2cc1C. The van der Waals surface area contributed by atoms with Gasteiger partial charge in [0.15, 0.2) is 0 Å². The molecule has 2 heterocycles. The van der Waals surface area contributed by atoms with Gasteiger partial charge in [0, 0.05) is 33.9 Å². The van der Waals surface area contributed by atoms with Crippen molar-refractivity contribution in [2.45, 2.75) is 33.1 Å². The number of esters is 1. The lowest BCUT2D eigenvalue weighted by Crippen LogP contribution is -2.06. The van der Waals surface area contributed by atoms with Crippen molar-refractivity contribution in [2.75, 3.05) is 14.2 Å². The van der Waals surface area contributed by atoms with Gasteiger partial charge in [0.1, 0.15) is 0 Å². The summed E-state index contributed by atoms with van der Waals surface area (Å²) in [5.74, 6) is 0.251. The standard InChI is InChI=1S/C21H24N2O3/c1-5-7-14-11-17-16(10-13(14)2)20(18(23-17)12-19(24)25-3)15-8-6-9-22-21(15)26-4/h6,8-11,23H,5,7,12H2,1-4H3. The van der Waals surface area contributed by atoms with Crippen LogP contribution in [-0.2, 0) is 22.4 Å². The van der Waals surface area contributed by atoms with E-state index in [0.717, 1.165) is 40.6 Å². The fraction of sp³-hybridized carbons (Fsp3) is 0.333. The van der Waals surface area contributed by atoms with Crippen LogP contribution < -0.4 is 4.74 Å². The summed E-state index contributed by atoms with van der Waals surface area (Å²) in [6.07, 6.45) is 3.98. The van der Waals surface area contributed by atoms with Crippen LogP contribution in [-0.4, -0.2) is 30.2 Å². The molecule has 2 aromatic heterocycles. The second-order valence-corrected chi connectivity index (χ2v) is 6.37. The van der Waals surface area contributed by atoms with Crippen LogP contribution in [0.5, 0.6) is 5.88 Å². The van der Waals surface area contributed by atoms with E-state index in [0.29, 0.717) is 5.88 Å². The smallest absolute Gasteiger partial charge is 0.311 e. The van der Waals surface area contributed by atoms with Gasteiger partial charge >= 0.3 is 5.97 Å². The van der Waals surface area contributed by atoms with E-state index >= 15 is 0 Å². The van der Waals surface area contributed by atoms with E-state index in [1.807, 2.05) is 12.1 Å². The second-order valence-electron chi connectivity index (χ2n) is 6.37. The van der Waals surface area contributed by atoms with Gasteiger partial charge in [0.25, 0.3) is 0 Å². The minimum Gasteiger partial charge on any atom is -0.481 e. The molecule has 0 aliphatic rings. The molecule has 5 heteroatoms. The summed E-state index contributed by atoms with van der Waals surface area (Å²) in [7, 11) is 3.00. The first-order valence-electron chi connectivity index (χ1n) is 8.79. The number of aryl methyl sites for hydroxylation is 2. The van der Waals surface area contributed by atoms with Crippen LogP contribution in [0.1, 0.15) is 30.2 Å². The highest BCUT2D eigenvalue weighted by Crippen LogP contribution is 2.38. The molecule has 3 rings (SSSR count). The van der Waals surface area contributed by atoms with Crippen LogP contribution in [0.4, 0.5) is 0 Å². The molecular weight excluding hydrogens is 328 g/mol. The van der Waals surface area contributed by atoms with E-state index in [2.05, 4.69) is 35.9 Å². The zero-order chi connectivity index (χ0) is 18.7. The summed E-state index contributed by atoms with van der Waals surface area (Å²) in [4.78, 5) is 19.7. The number of H-pyrrole nitrogens is 1. The number of nitrogens with zero attached hydrogens (tertiary/aromatic N) is 1. The van der Waals surface area contributed by atoms with E-state index in [4.69, 9.17) is 9.47 Å². The molecule has 0 saturated heterocycles. The van der Waals surface area contributed by atoms with Gasteiger partial charge in [0.05, 0.1) is 20.6 Å². The van der Waals surface area contributed by atoms with Gasteiger partial charge in [-0.05, 0) is 48.7 Å². The molecule has 0 amide bonds. The number of ether oxygens (including phenoxy) is 2. The van der Waals surface area contributed by atoms with Crippen LogP contribution >= 0.6 is 0 Å². The molecule has 5 nitrogen and oxygen atoms in total. The largest absolute Gasteiger partial charge is 0.481 e. The number of hydrogen-bond acceptors (Lipinski definition) is 4.